The smallest absolute Gasteiger partial charge is 0.148 e. The Hall–Kier alpha value is -1.26. The van der Waals surface area contributed by atoms with Crippen LogP contribution in [0.4, 0.5) is 0 Å². The molecule has 3 aliphatic carbocycles. The van der Waals surface area contributed by atoms with Crippen molar-refractivity contribution >= 4 is 12.1 Å². The Labute approximate surface area is 150 Å². The quantitative estimate of drug-likeness (QED) is 0.629. The highest BCUT2D eigenvalue weighted by molar-refractivity contribution is 5.91. The highest BCUT2D eigenvalue weighted by Crippen LogP contribution is 2.61. The molecule has 4 heteroatoms. The second-order valence-corrected chi connectivity index (χ2v) is 8.77. The average molecular weight is 346 g/mol. The molecule has 0 saturated heterocycles. The summed E-state index contributed by atoms with van der Waals surface area (Å²) in [6, 6.07) is 0. The number of carbonyl (C=O) groups is 2. The van der Waals surface area contributed by atoms with Gasteiger partial charge < -0.3 is 9.84 Å². The summed E-state index contributed by atoms with van der Waals surface area (Å²) in [5.74, 6) is 0.656. The summed E-state index contributed by atoms with van der Waals surface area (Å²) in [5, 5.41) is 10.9. The molecule has 138 valence electrons. The zero-order valence-corrected chi connectivity index (χ0v) is 16.0. The molecule has 4 nitrogen and oxygen atoms in total. The van der Waals surface area contributed by atoms with Crippen LogP contribution in [0.3, 0.4) is 0 Å². The molecular formula is C21H30O4. The standard InChI is InChI=1S/C21H30O4/c1-12(2)14-6-7-20(3)18(24)10-21(4)15(19(14)20)9-16(25-5)13(11-22)8-17(21)23/h8,11-12,15-17,23H,6-7,9-10H2,1-5H3. The maximum Gasteiger partial charge on any atom is 0.148 e. The molecule has 0 aromatic rings. The summed E-state index contributed by atoms with van der Waals surface area (Å²) in [6.45, 7) is 8.44. The van der Waals surface area contributed by atoms with Crippen molar-refractivity contribution in [3.8, 4) is 0 Å². The van der Waals surface area contributed by atoms with Gasteiger partial charge in [-0.15, -0.1) is 0 Å². The topological polar surface area (TPSA) is 63.6 Å². The number of carbonyl (C=O) groups excluding carboxylic acids is 2. The second-order valence-electron chi connectivity index (χ2n) is 8.77. The van der Waals surface area contributed by atoms with Gasteiger partial charge in [0.25, 0.3) is 0 Å². The van der Waals surface area contributed by atoms with E-state index in [0.717, 1.165) is 19.1 Å². The van der Waals surface area contributed by atoms with E-state index in [9.17, 15) is 14.7 Å². The second kappa shape index (κ2) is 6.17. The molecule has 3 rings (SSSR count). The molecule has 0 aliphatic heterocycles. The molecule has 1 N–H and O–H groups in total. The zero-order valence-electron chi connectivity index (χ0n) is 16.0. The summed E-state index contributed by atoms with van der Waals surface area (Å²) < 4.78 is 5.60. The fourth-order valence-corrected chi connectivity index (χ4v) is 5.38. The lowest BCUT2D eigenvalue weighted by Crippen LogP contribution is -2.51. The molecule has 1 fully saturated rings. The van der Waals surface area contributed by atoms with Gasteiger partial charge >= 0.3 is 0 Å². The van der Waals surface area contributed by atoms with Crippen molar-refractivity contribution in [2.24, 2.45) is 22.7 Å². The van der Waals surface area contributed by atoms with E-state index in [1.807, 2.05) is 6.92 Å². The average Bonchev–Trinajstić information content (AvgIpc) is 2.87. The molecule has 5 atom stereocenters. The van der Waals surface area contributed by atoms with Crippen LogP contribution < -0.4 is 0 Å². The Morgan fingerprint density at radius 3 is 2.60 bits per heavy atom. The van der Waals surface area contributed by atoms with Gasteiger partial charge in [-0.3, -0.25) is 9.59 Å². The molecule has 0 radical (unpaired) electrons. The van der Waals surface area contributed by atoms with Gasteiger partial charge in [0.05, 0.1) is 12.2 Å². The molecule has 0 bridgehead atoms. The lowest BCUT2D eigenvalue weighted by Gasteiger charge is -2.50. The van der Waals surface area contributed by atoms with E-state index in [-0.39, 0.29) is 17.8 Å². The van der Waals surface area contributed by atoms with Gasteiger partial charge in [-0.25, -0.2) is 0 Å². The zero-order chi connectivity index (χ0) is 18.6. The summed E-state index contributed by atoms with van der Waals surface area (Å²) in [6.07, 6.45) is 4.04. The first kappa shape index (κ1) is 18.5. The molecule has 0 amide bonds. The SMILES string of the molecule is COC1CC2C3=C(C(C)C)CCC3(C)C(=O)CC2(C)C(O)C=C1C=O. The first-order valence-electron chi connectivity index (χ1n) is 9.33. The third-order valence-electron chi connectivity index (χ3n) is 7.10. The van der Waals surface area contributed by atoms with Crippen molar-refractivity contribution in [1.82, 2.24) is 0 Å². The van der Waals surface area contributed by atoms with Crippen LogP contribution in [0.15, 0.2) is 22.8 Å². The number of ether oxygens (including phenoxy) is 1. The van der Waals surface area contributed by atoms with Gasteiger partial charge in [0.1, 0.15) is 12.1 Å². The van der Waals surface area contributed by atoms with Crippen LogP contribution in [0.1, 0.15) is 53.4 Å². The van der Waals surface area contributed by atoms with E-state index in [1.54, 1.807) is 13.2 Å². The van der Waals surface area contributed by atoms with Crippen LogP contribution in [0.25, 0.3) is 0 Å². The fraction of sp³-hybridized carbons (Fsp3) is 0.714. The Kier molecular flexibility index (Phi) is 4.57. The van der Waals surface area contributed by atoms with Crippen molar-refractivity contribution in [3.63, 3.8) is 0 Å². The number of fused-ring (bicyclic) bond motifs is 3. The van der Waals surface area contributed by atoms with Crippen LogP contribution >= 0.6 is 0 Å². The van der Waals surface area contributed by atoms with Crippen LogP contribution in [-0.4, -0.2) is 36.5 Å². The van der Waals surface area contributed by atoms with Gasteiger partial charge in [-0.1, -0.05) is 31.9 Å². The lowest BCUT2D eigenvalue weighted by molar-refractivity contribution is -0.136. The number of aliphatic hydroxyl groups excluding tert-OH is 1. The molecule has 0 heterocycles. The van der Waals surface area contributed by atoms with Gasteiger partial charge in [-0.05, 0) is 44.1 Å². The van der Waals surface area contributed by atoms with Crippen LogP contribution in [-0.2, 0) is 14.3 Å². The highest BCUT2D eigenvalue weighted by atomic mass is 16.5. The number of rotatable bonds is 3. The predicted molar refractivity (Wildman–Crippen MR) is 96.0 cm³/mol. The minimum atomic E-state index is -0.826. The third-order valence-corrected chi connectivity index (χ3v) is 7.10. The summed E-state index contributed by atoms with van der Waals surface area (Å²) in [5.41, 5.74) is 2.07. The van der Waals surface area contributed by atoms with Crippen LogP contribution in [0.2, 0.25) is 0 Å². The van der Waals surface area contributed by atoms with Crippen molar-refractivity contribution in [1.29, 1.82) is 0 Å². The molecular weight excluding hydrogens is 316 g/mol. The van der Waals surface area contributed by atoms with E-state index in [2.05, 4.69) is 20.8 Å². The number of allylic oxidation sites excluding steroid dienone is 2. The van der Waals surface area contributed by atoms with E-state index >= 15 is 0 Å². The first-order valence-corrected chi connectivity index (χ1v) is 9.33. The monoisotopic (exact) mass is 346 g/mol. The Bertz CT molecular complexity index is 659. The number of aldehydes is 1. The Morgan fingerprint density at radius 1 is 1.36 bits per heavy atom. The van der Waals surface area contributed by atoms with Crippen LogP contribution in [0.5, 0.6) is 0 Å². The summed E-state index contributed by atoms with van der Waals surface area (Å²) >= 11 is 0. The molecule has 0 aromatic carbocycles. The van der Waals surface area contributed by atoms with Crippen LogP contribution in [0, 0.1) is 22.7 Å². The number of hydrogen-bond acceptors (Lipinski definition) is 4. The fourth-order valence-electron chi connectivity index (χ4n) is 5.38. The minimum Gasteiger partial charge on any atom is -0.388 e. The highest BCUT2D eigenvalue weighted by Gasteiger charge is 2.59. The van der Waals surface area contributed by atoms with Gasteiger partial charge in [-0.2, -0.15) is 0 Å². The van der Waals surface area contributed by atoms with Crippen molar-refractivity contribution in [2.75, 3.05) is 7.11 Å². The summed E-state index contributed by atoms with van der Waals surface area (Å²) in [7, 11) is 1.61. The molecule has 25 heavy (non-hydrogen) atoms. The summed E-state index contributed by atoms with van der Waals surface area (Å²) in [4.78, 5) is 24.6. The number of Topliss-reactive ketones (excluding diaryl/α,β-unsaturated/α-hetero) is 1. The Morgan fingerprint density at radius 2 is 2.04 bits per heavy atom. The minimum absolute atomic E-state index is 0.0451. The van der Waals surface area contributed by atoms with Crippen molar-refractivity contribution in [2.45, 2.75) is 65.6 Å². The predicted octanol–water partition coefficient (Wildman–Crippen LogP) is 3.24. The number of hydrogen-bond donors (Lipinski definition) is 1. The molecule has 0 aromatic heterocycles. The molecule has 1 saturated carbocycles. The van der Waals surface area contributed by atoms with Crippen molar-refractivity contribution < 1.29 is 19.4 Å². The number of ketones is 1. The largest absolute Gasteiger partial charge is 0.388 e. The normalized spacial score (nSPS) is 41.3. The number of methoxy groups -OCH3 is 1. The first-order chi connectivity index (χ1) is 11.7. The molecule has 0 spiro atoms. The maximum atomic E-state index is 13.1. The van der Waals surface area contributed by atoms with Gasteiger partial charge in [0.2, 0.25) is 0 Å². The van der Waals surface area contributed by atoms with E-state index in [4.69, 9.17) is 4.74 Å². The van der Waals surface area contributed by atoms with Gasteiger partial charge in [0.15, 0.2) is 0 Å². The van der Waals surface area contributed by atoms with Gasteiger partial charge in [0, 0.05) is 29.9 Å². The lowest BCUT2D eigenvalue weighted by atomic mass is 9.53. The van der Waals surface area contributed by atoms with E-state index in [1.165, 1.54) is 11.1 Å². The third kappa shape index (κ3) is 2.57. The molecule has 5 unspecified atom stereocenters. The molecule has 3 aliphatic rings. The Balaban J connectivity index is 2.20. The maximum absolute atomic E-state index is 13.1. The van der Waals surface area contributed by atoms with Crippen molar-refractivity contribution in [3.05, 3.63) is 22.8 Å². The number of aliphatic hydroxyl groups is 1. The van der Waals surface area contributed by atoms with E-state index < -0.39 is 16.9 Å². The van der Waals surface area contributed by atoms with E-state index in [0.29, 0.717) is 24.3 Å².